The minimum atomic E-state index is -3.51. The van der Waals surface area contributed by atoms with Crippen LogP contribution in [-0.4, -0.2) is 63.2 Å². The number of hydrogen-bond acceptors (Lipinski definition) is 5. The maximum Gasteiger partial charge on any atom is 0.253 e. The summed E-state index contributed by atoms with van der Waals surface area (Å²) in [5.41, 5.74) is 1.75. The molecule has 0 atom stereocenters. The van der Waals surface area contributed by atoms with Gasteiger partial charge in [0.25, 0.3) is 5.91 Å². The molecule has 0 aliphatic carbocycles. The molecule has 0 heterocycles. The molecule has 0 aliphatic rings. The number of anilines is 2. The first-order valence-corrected chi connectivity index (χ1v) is 11.1. The van der Waals surface area contributed by atoms with Gasteiger partial charge >= 0.3 is 0 Å². The van der Waals surface area contributed by atoms with Gasteiger partial charge in [0.05, 0.1) is 11.4 Å². The zero-order valence-electron chi connectivity index (χ0n) is 17.7. The van der Waals surface area contributed by atoms with E-state index in [1.165, 1.54) is 21.3 Å². The van der Waals surface area contributed by atoms with E-state index >= 15 is 0 Å². The quantitative estimate of drug-likeness (QED) is 0.634. The van der Waals surface area contributed by atoms with Crippen molar-refractivity contribution >= 4 is 33.2 Å². The molecule has 0 saturated heterocycles. The molecule has 0 spiro atoms. The van der Waals surface area contributed by atoms with E-state index in [9.17, 15) is 18.0 Å². The average Bonchev–Trinajstić information content (AvgIpc) is 2.73. The third-order valence-electron chi connectivity index (χ3n) is 4.47. The summed E-state index contributed by atoms with van der Waals surface area (Å²) in [6.45, 7) is 4.42. The third kappa shape index (κ3) is 5.80. The standard InChI is InChI=1S/C21H28N4O4S/c1-5-25(6-2)30(28,29)19-13-11-17(12-14-19)22-15-20(26)23-18-9-7-16(8-10-18)21(27)24(3)4/h7-14,22H,5-6,15H2,1-4H3,(H,23,26). The van der Waals surface area contributed by atoms with Gasteiger partial charge in [-0.1, -0.05) is 13.8 Å². The first-order chi connectivity index (χ1) is 14.2. The van der Waals surface area contributed by atoms with E-state index in [4.69, 9.17) is 0 Å². The van der Waals surface area contributed by atoms with Crippen molar-refractivity contribution in [2.75, 3.05) is 44.4 Å². The van der Waals surface area contributed by atoms with Gasteiger partial charge < -0.3 is 15.5 Å². The Morgan fingerprint density at radius 2 is 1.40 bits per heavy atom. The number of sulfonamides is 1. The molecule has 0 fully saturated rings. The summed E-state index contributed by atoms with van der Waals surface area (Å²) in [5, 5.41) is 5.71. The summed E-state index contributed by atoms with van der Waals surface area (Å²) in [5.74, 6) is -0.373. The number of carbonyl (C=O) groups is 2. The van der Waals surface area contributed by atoms with Gasteiger partial charge in [0.15, 0.2) is 0 Å². The topological polar surface area (TPSA) is 98.8 Å². The number of hydrogen-bond donors (Lipinski definition) is 2. The van der Waals surface area contributed by atoms with Crippen LogP contribution in [0.5, 0.6) is 0 Å². The van der Waals surface area contributed by atoms with Crippen molar-refractivity contribution in [1.82, 2.24) is 9.21 Å². The van der Waals surface area contributed by atoms with Crippen molar-refractivity contribution in [3.05, 3.63) is 54.1 Å². The molecule has 2 rings (SSSR count). The van der Waals surface area contributed by atoms with Gasteiger partial charge in [0.2, 0.25) is 15.9 Å². The smallest absolute Gasteiger partial charge is 0.253 e. The molecule has 2 aromatic rings. The molecule has 2 N–H and O–H groups in total. The van der Waals surface area contributed by atoms with Crippen LogP contribution in [0, 0.1) is 0 Å². The van der Waals surface area contributed by atoms with Crippen LogP contribution >= 0.6 is 0 Å². The van der Waals surface area contributed by atoms with Crippen molar-refractivity contribution in [3.63, 3.8) is 0 Å². The van der Waals surface area contributed by atoms with Crippen molar-refractivity contribution in [3.8, 4) is 0 Å². The number of rotatable bonds is 9. The Balaban J connectivity index is 1.93. The second-order valence-corrected chi connectivity index (χ2v) is 8.73. The molecule has 162 valence electrons. The highest BCUT2D eigenvalue weighted by Gasteiger charge is 2.21. The Morgan fingerprint density at radius 3 is 1.90 bits per heavy atom. The highest BCUT2D eigenvalue weighted by molar-refractivity contribution is 7.89. The molecule has 0 bridgehead atoms. The third-order valence-corrected chi connectivity index (χ3v) is 6.54. The largest absolute Gasteiger partial charge is 0.376 e. The van der Waals surface area contributed by atoms with Gasteiger partial charge in [0, 0.05) is 44.1 Å². The maximum absolute atomic E-state index is 12.5. The van der Waals surface area contributed by atoms with E-state index in [0.29, 0.717) is 30.0 Å². The van der Waals surface area contributed by atoms with Crippen LogP contribution in [0.1, 0.15) is 24.2 Å². The summed E-state index contributed by atoms with van der Waals surface area (Å²) in [4.78, 5) is 25.7. The second-order valence-electron chi connectivity index (χ2n) is 6.79. The zero-order chi connectivity index (χ0) is 22.3. The average molecular weight is 433 g/mol. The lowest BCUT2D eigenvalue weighted by Gasteiger charge is -2.18. The molecule has 8 nitrogen and oxygen atoms in total. The molecule has 0 radical (unpaired) electrons. The lowest BCUT2D eigenvalue weighted by atomic mass is 10.2. The first kappa shape index (κ1) is 23.4. The fraction of sp³-hybridized carbons (Fsp3) is 0.333. The van der Waals surface area contributed by atoms with E-state index < -0.39 is 10.0 Å². The Morgan fingerprint density at radius 1 is 0.867 bits per heavy atom. The second kappa shape index (κ2) is 10.2. The highest BCUT2D eigenvalue weighted by atomic mass is 32.2. The monoisotopic (exact) mass is 432 g/mol. The van der Waals surface area contributed by atoms with Crippen LogP contribution in [0.4, 0.5) is 11.4 Å². The van der Waals surface area contributed by atoms with Crippen molar-refractivity contribution < 1.29 is 18.0 Å². The SMILES string of the molecule is CCN(CC)S(=O)(=O)c1ccc(NCC(=O)Nc2ccc(C(=O)N(C)C)cc2)cc1. The zero-order valence-corrected chi connectivity index (χ0v) is 18.5. The summed E-state index contributed by atoms with van der Waals surface area (Å²) in [6, 6.07) is 12.9. The van der Waals surface area contributed by atoms with Gasteiger partial charge in [-0.25, -0.2) is 8.42 Å². The van der Waals surface area contributed by atoms with Gasteiger partial charge in [-0.3, -0.25) is 9.59 Å². The predicted molar refractivity (Wildman–Crippen MR) is 118 cm³/mol. The summed E-state index contributed by atoms with van der Waals surface area (Å²) in [6.07, 6.45) is 0. The van der Waals surface area contributed by atoms with E-state index in [1.54, 1.807) is 64.3 Å². The minimum Gasteiger partial charge on any atom is -0.376 e. The van der Waals surface area contributed by atoms with Crippen molar-refractivity contribution in [2.24, 2.45) is 0 Å². The van der Waals surface area contributed by atoms with Crippen LogP contribution in [0.15, 0.2) is 53.4 Å². The first-order valence-electron chi connectivity index (χ1n) is 9.64. The fourth-order valence-electron chi connectivity index (χ4n) is 2.80. The van der Waals surface area contributed by atoms with E-state index in [2.05, 4.69) is 10.6 Å². The lowest BCUT2D eigenvalue weighted by Crippen LogP contribution is -2.30. The molecule has 0 aliphatic heterocycles. The molecular weight excluding hydrogens is 404 g/mol. The van der Waals surface area contributed by atoms with Crippen molar-refractivity contribution in [1.29, 1.82) is 0 Å². The number of benzene rings is 2. The Kier molecular flexibility index (Phi) is 7.96. The Hall–Kier alpha value is -2.91. The number of amides is 2. The van der Waals surface area contributed by atoms with Crippen LogP contribution in [-0.2, 0) is 14.8 Å². The molecule has 9 heteroatoms. The molecule has 30 heavy (non-hydrogen) atoms. The normalized spacial score (nSPS) is 11.2. The van der Waals surface area contributed by atoms with Crippen molar-refractivity contribution in [2.45, 2.75) is 18.7 Å². The Bertz CT molecular complexity index is 967. The molecular formula is C21H28N4O4S. The predicted octanol–water partition coefficient (Wildman–Crippen LogP) is 2.47. The van der Waals surface area contributed by atoms with E-state index in [1.807, 2.05) is 0 Å². The number of carbonyl (C=O) groups excluding carboxylic acids is 2. The van der Waals surface area contributed by atoms with Gasteiger partial charge in [-0.05, 0) is 48.5 Å². The van der Waals surface area contributed by atoms with E-state index in [-0.39, 0.29) is 23.3 Å². The fourth-order valence-corrected chi connectivity index (χ4v) is 4.26. The molecule has 0 saturated carbocycles. The van der Waals surface area contributed by atoms with Gasteiger partial charge in [0.1, 0.15) is 0 Å². The number of nitrogens with zero attached hydrogens (tertiary/aromatic N) is 2. The molecule has 0 aromatic heterocycles. The summed E-state index contributed by atoms with van der Waals surface area (Å²) in [7, 11) is -0.154. The van der Waals surface area contributed by atoms with E-state index in [0.717, 1.165) is 0 Å². The molecule has 0 unspecified atom stereocenters. The Labute approximate surface area is 177 Å². The molecule has 2 aromatic carbocycles. The van der Waals surface area contributed by atoms with Crippen LogP contribution in [0.2, 0.25) is 0 Å². The minimum absolute atomic E-state index is 0.0144. The summed E-state index contributed by atoms with van der Waals surface area (Å²) < 4.78 is 26.4. The van der Waals surface area contributed by atoms with Gasteiger partial charge in [-0.2, -0.15) is 4.31 Å². The van der Waals surface area contributed by atoms with Crippen LogP contribution < -0.4 is 10.6 Å². The highest BCUT2D eigenvalue weighted by Crippen LogP contribution is 2.18. The maximum atomic E-state index is 12.5. The van der Waals surface area contributed by atoms with Crippen LogP contribution in [0.25, 0.3) is 0 Å². The molecule has 2 amide bonds. The lowest BCUT2D eigenvalue weighted by molar-refractivity contribution is -0.114. The van der Waals surface area contributed by atoms with Crippen LogP contribution in [0.3, 0.4) is 0 Å². The number of nitrogens with one attached hydrogen (secondary N) is 2. The van der Waals surface area contributed by atoms with Gasteiger partial charge in [-0.15, -0.1) is 0 Å². The summed E-state index contributed by atoms with van der Waals surface area (Å²) >= 11 is 0.